The molecule has 0 aliphatic carbocycles. The van der Waals surface area contributed by atoms with E-state index in [4.69, 9.17) is 9.47 Å². The molecule has 0 atom stereocenters. The van der Waals surface area contributed by atoms with E-state index >= 15 is 0 Å². The van der Waals surface area contributed by atoms with Gasteiger partial charge in [0.2, 0.25) is 0 Å². The third kappa shape index (κ3) is 2.08. The van der Waals surface area contributed by atoms with Crippen molar-refractivity contribution in [3.63, 3.8) is 0 Å². The number of nitro groups is 1. The molecule has 13 heavy (non-hydrogen) atoms. The Morgan fingerprint density at radius 3 is 1.92 bits per heavy atom. The largest absolute Gasteiger partial charge is 0.496 e. The van der Waals surface area contributed by atoms with Crippen molar-refractivity contribution < 1.29 is 14.4 Å². The first kappa shape index (κ1) is 9.31. The van der Waals surface area contributed by atoms with E-state index < -0.39 is 4.92 Å². The molecule has 0 saturated heterocycles. The lowest BCUT2D eigenvalue weighted by molar-refractivity contribution is -0.385. The minimum absolute atomic E-state index is 0.0452. The van der Waals surface area contributed by atoms with Gasteiger partial charge >= 0.3 is 0 Å². The molecule has 5 nitrogen and oxygen atoms in total. The summed E-state index contributed by atoms with van der Waals surface area (Å²) in [5, 5.41) is 10.4. The Morgan fingerprint density at radius 2 is 1.62 bits per heavy atom. The van der Waals surface area contributed by atoms with Gasteiger partial charge in [-0.3, -0.25) is 10.1 Å². The van der Waals surface area contributed by atoms with Crippen LogP contribution in [0.25, 0.3) is 0 Å². The van der Waals surface area contributed by atoms with Crippen molar-refractivity contribution in [2.24, 2.45) is 0 Å². The lowest BCUT2D eigenvalue weighted by atomic mass is 10.3. The van der Waals surface area contributed by atoms with Gasteiger partial charge in [0, 0.05) is 6.07 Å². The average Bonchev–Trinajstić information content (AvgIpc) is 2.16. The molecule has 0 saturated carbocycles. The molecule has 0 unspecified atom stereocenters. The van der Waals surface area contributed by atoms with E-state index in [2.05, 4.69) is 0 Å². The Hall–Kier alpha value is -1.78. The molecule has 0 aliphatic heterocycles. The molecule has 0 aromatic heterocycles. The summed E-state index contributed by atoms with van der Waals surface area (Å²) in [6.45, 7) is 0. The van der Waals surface area contributed by atoms with E-state index in [0.717, 1.165) is 0 Å². The maximum absolute atomic E-state index is 10.4. The molecule has 1 aromatic carbocycles. The third-order valence-electron chi connectivity index (χ3n) is 1.55. The molecule has 0 spiro atoms. The fourth-order valence-electron chi connectivity index (χ4n) is 0.898. The maximum atomic E-state index is 10.4. The highest BCUT2D eigenvalue weighted by Gasteiger charge is 2.09. The quantitative estimate of drug-likeness (QED) is 0.527. The van der Waals surface area contributed by atoms with E-state index in [1.807, 2.05) is 0 Å². The molecule has 1 rings (SSSR count). The number of nitrogens with zero attached hydrogens (tertiary/aromatic N) is 1. The normalized spacial score (nSPS) is 9.38. The van der Waals surface area contributed by atoms with Gasteiger partial charge in [0.25, 0.3) is 5.69 Å². The van der Waals surface area contributed by atoms with Crippen molar-refractivity contribution in [1.29, 1.82) is 0 Å². The van der Waals surface area contributed by atoms with Crippen molar-refractivity contribution in [2.75, 3.05) is 14.2 Å². The summed E-state index contributed by atoms with van der Waals surface area (Å²) in [6, 6.07) is 4.25. The standard InChI is InChI=1S/C8H9NO4/c1-12-7-3-6(9(10)11)4-8(5-7)13-2/h3-5H,1-2H3. The topological polar surface area (TPSA) is 61.6 Å². The van der Waals surface area contributed by atoms with Gasteiger partial charge < -0.3 is 9.47 Å². The highest BCUT2D eigenvalue weighted by Crippen LogP contribution is 2.26. The zero-order chi connectivity index (χ0) is 9.84. The van der Waals surface area contributed by atoms with Crippen LogP contribution >= 0.6 is 0 Å². The van der Waals surface area contributed by atoms with Gasteiger partial charge in [-0.2, -0.15) is 0 Å². The number of nitro benzene ring substituents is 1. The highest BCUT2D eigenvalue weighted by molar-refractivity contribution is 5.45. The van der Waals surface area contributed by atoms with Gasteiger partial charge in [-0.05, 0) is 0 Å². The Balaban J connectivity index is 3.14. The summed E-state index contributed by atoms with van der Waals surface area (Å²) < 4.78 is 9.73. The summed E-state index contributed by atoms with van der Waals surface area (Å²) in [7, 11) is 2.89. The van der Waals surface area contributed by atoms with Crippen molar-refractivity contribution >= 4 is 5.69 Å². The number of methoxy groups -OCH3 is 2. The number of hydrogen-bond acceptors (Lipinski definition) is 4. The molecule has 70 valence electrons. The zero-order valence-electron chi connectivity index (χ0n) is 7.31. The Kier molecular flexibility index (Phi) is 2.69. The molecular formula is C8H9NO4. The van der Waals surface area contributed by atoms with Crippen LogP contribution in [0.15, 0.2) is 18.2 Å². The van der Waals surface area contributed by atoms with E-state index in [1.165, 1.54) is 26.4 Å². The van der Waals surface area contributed by atoms with Gasteiger partial charge in [0.05, 0.1) is 31.3 Å². The van der Waals surface area contributed by atoms with E-state index in [-0.39, 0.29) is 5.69 Å². The molecule has 0 N–H and O–H groups in total. The lowest BCUT2D eigenvalue weighted by Gasteiger charge is -2.03. The minimum Gasteiger partial charge on any atom is -0.496 e. The first-order valence-electron chi connectivity index (χ1n) is 3.55. The van der Waals surface area contributed by atoms with Crippen LogP contribution in [0.5, 0.6) is 11.5 Å². The summed E-state index contributed by atoms with van der Waals surface area (Å²) in [4.78, 5) is 9.94. The fraction of sp³-hybridized carbons (Fsp3) is 0.250. The van der Waals surface area contributed by atoms with E-state index in [9.17, 15) is 10.1 Å². The minimum atomic E-state index is -0.495. The van der Waals surface area contributed by atoms with Gasteiger partial charge in [0.1, 0.15) is 11.5 Å². The molecule has 0 amide bonds. The van der Waals surface area contributed by atoms with Gasteiger partial charge in [0.15, 0.2) is 0 Å². The highest BCUT2D eigenvalue weighted by atomic mass is 16.6. The molecule has 0 heterocycles. The van der Waals surface area contributed by atoms with Crippen LogP contribution in [0.1, 0.15) is 0 Å². The van der Waals surface area contributed by atoms with Crippen LogP contribution in [0.4, 0.5) is 5.69 Å². The second-order valence-electron chi connectivity index (χ2n) is 2.33. The monoisotopic (exact) mass is 183 g/mol. The summed E-state index contributed by atoms with van der Waals surface area (Å²) in [6.07, 6.45) is 0. The maximum Gasteiger partial charge on any atom is 0.276 e. The fourth-order valence-corrected chi connectivity index (χ4v) is 0.898. The third-order valence-corrected chi connectivity index (χ3v) is 1.55. The van der Waals surface area contributed by atoms with Crippen molar-refractivity contribution in [3.8, 4) is 11.5 Å². The van der Waals surface area contributed by atoms with Crippen LogP contribution in [0.3, 0.4) is 0 Å². The number of hydrogen-bond donors (Lipinski definition) is 0. The van der Waals surface area contributed by atoms with Crippen LogP contribution in [0, 0.1) is 10.1 Å². The van der Waals surface area contributed by atoms with Gasteiger partial charge in [-0.15, -0.1) is 0 Å². The van der Waals surface area contributed by atoms with Crippen molar-refractivity contribution in [3.05, 3.63) is 28.3 Å². The molecular weight excluding hydrogens is 174 g/mol. The van der Waals surface area contributed by atoms with Crippen LogP contribution in [-0.2, 0) is 0 Å². The number of ether oxygens (including phenoxy) is 2. The summed E-state index contributed by atoms with van der Waals surface area (Å²) >= 11 is 0. The SMILES string of the molecule is COc1cc(OC)cc([N+](=O)[O-])c1. The Bertz CT molecular complexity index is 302. The van der Waals surface area contributed by atoms with E-state index in [1.54, 1.807) is 6.07 Å². The van der Waals surface area contributed by atoms with Gasteiger partial charge in [-0.25, -0.2) is 0 Å². The summed E-state index contributed by atoms with van der Waals surface area (Å²) in [5.74, 6) is 0.817. The zero-order valence-corrected chi connectivity index (χ0v) is 7.31. The Labute approximate surface area is 75.0 Å². The first-order valence-corrected chi connectivity index (χ1v) is 3.55. The van der Waals surface area contributed by atoms with Gasteiger partial charge in [-0.1, -0.05) is 0 Å². The second-order valence-corrected chi connectivity index (χ2v) is 2.33. The number of benzene rings is 1. The Morgan fingerprint density at radius 1 is 1.15 bits per heavy atom. The molecule has 5 heteroatoms. The van der Waals surface area contributed by atoms with Crippen molar-refractivity contribution in [2.45, 2.75) is 0 Å². The van der Waals surface area contributed by atoms with Crippen molar-refractivity contribution in [1.82, 2.24) is 0 Å². The predicted octanol–water partition coefficient (Wildman–Crippen LogP) is 1.61. The average molecular weight is 183 g/mol. The second kappa shape index (κ2) is 3.75. The predicted molar refractivity (Wildman–Crippen MR) is 46.2 cm³/mol. The molecule has 0 fully saturated rings. The molecule has 0 aliphatic rings. The number of non-ortho nitro benzene ring substituents is 1. The molecule has 0 radical (unpaired) electrons. The van der Waals surface area contributed by atoms with Crippen LogP contribution in [-0.4, -0.2) is 19.1 Å². The molecule has 1 aromatic rings. The molecule has 0 bridgehead atoms. The smallest absolute Gasteiger partial charge is 0.276 e. The number of rotatable bonds is 3. The lowest BCUT2D eigenvalue weighted by Crippen LogP contribution is -1.92. The van der Waals surface area contributed by atoms with Crippen LogP contribution in [0.2, 0.25) is 0 Å². The first-order chi connectivity index (χ1) is 6.17. The van der Waals surface area contributed by atoms with Crippen LogP contribution < -0.4 is 9.47 Å². The summed E-state index contributed by atoms with van der Waals surface area (Å²) in [5.41, 5.74) is -0.0452. The van der Waals surface area contributed by atoms with E-state index in [0.29, 0.717) is 11.5 Å².